The fourth-order valence-corrected chi connectivity index (χ4v) is 3.28. The first kappa shape index (κ1) is 16.7. The third-order valence-corrected chi connectivity index (χ3v) is 4.56. The van der Waals surface area contributed by atoms with Crippen LogP contribution in [-0.4, -0.2) is 40.3 Å². The number of nitrogens with zero attached hydrogens (tertiary/aromatic N) is 3. The predicted octanol–water partition coefficient (Wildman–Crippen LogP) is 2.54. The molecule has 2 aromatic heterocycles. The molecule has 0 spiro atoms. The van der Waals surface area contributed by atoms with Crippen molar-refractivity contribution >= 4 is 17.2 Å². The van der Waals surface area contributed by atoms with Crippen LogP contribution in [-0.2, 0) is 0 Å². The number of benzene rings is 1. The van der Waals surface area contributed by atoms with Gasteiger partial charge in [-0.25, -0.2) is 9.50 Å². The Morgan fingerprint density at radius 1 is 1.35 bits per heavy atom. The Bertz CT molecular complexity index is 883. The van der Waals surface area contributed by atoms with Gasteiger partial charge in [0.2, 0.25) is 0 Å². The Hall–Kier alpha value is -2.80. The molecule has 136 valence electrons. The van der Waals surface area contributed by atoms with Crippen molar-refractivity contribution in [2.24, 2.45) is 0 Å². The zero-order valence-corrected chi connectivity index (χ0v) is 14.9. The van der Waals surface area contributed by atoms with Gasteiger partial charge in [-0.15, -0.1) is 5.10 Å². The topological polar surface area (TPSA) is 89.5 Å². The molecule has 4 N–H and O–H groups in total. The predicted molar refractivity (Wildman–Crippen MR) is 104 cm³/mol. The van der Waals surface area contributed by atoms with E-state index in [0.29, 0.717) is 24.0 Å². The van der Waals surface area contributed by atoms with Crippen molar-refractivity contribution in [3.63, 3.8) is 0 Å². The smallest absolute Gasteiger partial charge is 0.177 e. The lowest BCUT2D eigenvalue weighted by atomic mass is 10.1. The van der Waals surface area contributed by atoms with Crippen molar-refractivity contribution in [1.82, 2.24) is 19.9 Å². The molecule has 26 heavy (non-hydrogen) atoms. The Morgan fingerprint density at radius 3 is 2.92 bits per heavy atom. The van der Waals surface area contributed by atoms with Gasteiger partial charge in [0.1, 0.15) is 11.6 Å². The second kappa shape index (κ2) is 7.21. The zero-order chi connectivity index (χ0) is 17.9. The number of nitrogens with one attached hydrogen (secondary N) is 2. The first-order valence-electron chi connectivity index (χ1n) is 9.09. The highest BCUT2D eigenvalue weighted by Gasteiger charge is 2.15. The highest BCUT2D eigenvalue weighted by molar-refractivity contribution is 5.72. The number of hydrogen-bond acceptors (Lipinski definition) is 6. The van der Waals surface area contributed by atoms with Crippen LogP contribution in [0.3, 0.4) is 0 Å². The summed E-state index contributed by atoms with van der Waals surface area (Å²) < 4.78 is 7.24. The Balaban J connectivity index is 1.60. The fraction of sp³-hybridized carbons (Fsp3) is 0.368. The van der Waals surface area contributed by atoms with Crippen molar-refractivity contribution in [2.45, 2.75) is 25.8 Å². The Kier molecular flexibility index (Phi) is 4.62. The maximum absolute atomic E-state index is 6.22. The third kappa shape index (κ3) is 3.43. The molecule has 0 aliphatic carbocycles. The van der Waals surface area contributed by atoms with Gasteiger partial charge in [-0.1, -0.05) is 0 Å². The van der Waals surface area contributed by atoms with E-state index in [2.05, 4.69) is 20.7 Å². The summed E-state index contributed by atoms with van der Waals surface area (Å²) in [7, 11) is 0. The van der Waals surface area contributed by atoms with Crippen LogP contribution in [0.2, 0.25) is 0 Å². The second-order valence-electron chi connectivity index (χ2n) is 6.52. The summed E-state index contributed by atoms with van der Waals surface area (Å²) in [6.07, 6.45) is 4.21. The van der Waals surface area contributed by atoms with Gasteiger partial charge in [0, 0.05) is 24.2 Å². The van der Waals surface area contributed by atoms with Gasteiger partial charge >= 0.3 is 0 Å². The average Bonchev–Trinajstić information content (AvgIpc) is 3.08. The number of imidazole rings is 1. The van der Waals surface area contributed by atoms with Crippen molar-refractivity contribution in [3.05, 3.63) is 36.5 Å². The number of anilines is 2. The van der Waals surface area contributed by atoms with Crippen LogP contribution in [0.25, 0.3) is 16.9 Å². The number of nitrogen functional groups attached to an aromatic ring is 1. The Morgan fingerprint density at radius 2 is 2.19 bits per heavy atom. The number of nitrogens with two attached hydrogens (primary N) is 1. The molecule has 1 aliphatic heterocycles. The van der Waals surface area contributed by atoms with Gasteiger partial charge in [0.15, 0.2) is 5.65 Å². The molecule has 0 amide bonds. The summed E-state index contributed by atoms with van der Waals surface area (Å²) in [5, 5.41) is 11.5. The molecule has 1 saturated heterocycles. The molecule has 4 rings (SSSR count). The summed E-state index contributed by atoms with van der Waals surface area (Å²) in [4.78, 5) is 4.64. The minimum absolute atomic E-state index is 0.377. The minimum atomic E-state index is 0.377. The summed E-state index contributed by atoms with van der Waals surface area (Å²) >= 11 is 0. The standard InChI is InChI=1S/C19H24N6O/c1-2-26-15-7-5-13(6-8-15)17-12-25-19(23-17)16(20)10-18(24-25)22-14-4-3-9-21-11-14/h5-8,10,12,14,21H,2-4,9,11,20H2,1H3,(H,22,24)/t14-/m0/s1. The summed E-state index contributed by atoms with van der Waals surface area (Å²) in [6, 6.07) is 10.1. The van der Waals surface area contributed by atoms with E-state index in [1.165, 1.54) is 6.42 Å². The van der Waals surface area contributed by atoms with E-state index >= 15 is 0 Å². The number of rotatable bonds is 5. The van der Waals surface area contributed by atoms with Crippen LogP contribution in [0.5, 0.6) is 5.75 Å². The summed E-state index contributed by atoms with van der Waals surface area (Å²) in [5.41, 5.74) is 9.34. The quantitative estimate of drug-likeness (QED) is 0.654. The van der Waals surface area contributed by atoms with E-state index < -0.39 is 0 Å². The molecule has 1 fully saturated rings. The van der Waals surface area contributed by atoms with Gasteiger partial charge in [-0.2, -0.15) is 0 Å². The van der Waals surface area contributed by atoms with Gasteiger partial charge in [0.05, 0.1) is 24.2 Å². The molecule has 1 atom stereocenters. The van der Waals surface area contributed by atoms with Crippen LogP contribution in [0.4, 0.5) is 11.5 Å². The SMILES string of the molecule is CCOc1ccc(-c2cn3nc(N[C@H]4CCCNC4)cc(N)c3n2)cc1. The maximum Gasteiger partial charge on any atom is 0.177 e. The van der Waals surface area contributed by atoms with E-state index in [-0.39, 0.29) is 0 Å². The highest BCUT2D eigenvalue weighted by atomic mass is 16.5. The maximum atomic E-state index is 6.22. The van der Waals surface area contributed by atoms with Crippen molar-refractivity contribution in [1.29, 1.82) is 0 Å². The van der Waals surface area contributed by atoms with Gasteiger partial charge < -0.3 is 21.1 Å². The van der Waals surface area contributed by atoms with Crippen LogP contribution in [0, 0.1) is 0 Å². The molecule has 7 nitrogen and oxygen atoms in total. The molecular weight excluding hydrogens is 328 g/mol. The lowest BCUT2D eigenvalue weighted by Crippen LogP contribution is -2.38. The van der Waals surface area contributed by atoms with E-state index in [1.54, 1.807) is 4.52 Å². The van der Waals surface area contributed by atoms with Gasteiger partial charge in [-0.05, 0) is 50.6 Å². The molecule has 3 heterocycles. The number of ether oxygens (including phenoxy) is 1. The van der Waals surface area contributed by atoms with E-state index in [4.69, 9.17) is 10.5 Å². The van der Waals surface area contributed by atoms with Crippen molar-refractivity contribution in [2.75, 3.05) is 30.7 Å². The molecule has 1 aliphatic rings. The summed E-state index contributed by atoms with van der Waals surface area (Å²) in [6.45, 7) is 4.65. The molecule has 3 aromatic rings. The lowest BCUT2D eigenvalue weighted by Gasteiger charge is -2.24. The van der Waals surface area contributed by atoms with Crippen molar-refractivity contribution in [3.8, 4) is 17.0 Å². The normalized spacial score (nSPS) is 17.3. The fourth-order valence-electron chi connectivity index (χ4n) is 3.28. The molecule has 7 heteroatoms. The van der Waals surface area contributed by atoms with Gasteiger partial charge in [0.25, 0.3) is 0 Å². The van der Waals surface area contributed by atoms with E-state index in [1.807, 2.05) is 43.5 Å². The lowest BCUT2D eigenvalue weighted by molar-refractivity contribution is 0.340. The molecular formula is C19H24N6O. The second-order valence-corrected chi connectivity index (χ2v) is 6.52. The van der Waals surface area contributed by atoms with Crippen LogP contribution in [0.1, 0.15) is 19.8 Å². The van der Waals surface area contributed by atoms with Gasteiger partial charge in [-0.3, -0.25) is 0 Å². The van der Waals surface area contributed by atoms with Crippen LogP contribution >= 0.6 is 0 Å². The largest absolute Gasteiger partial charge is 0.494 e. The van der Waals surface area contributed by atoms with Crippen LogP contribution < -0.4 is 21.1 Å². The van der Waals surface area contributed by atoms with E-state index in [0.717, 1.165) is 42.3 Å². The Labute approximate surface area is 152 Å². The molecule has 0 saturated carbocycles. The molecule has 1 aromatic carbocycles. The van der Waals surface area contributed by atoms with Crippen LogP contribution in [0.15, 0.2) is 36.5 Å². The highest BCUT2D eigenvalue weighted by Crippen LogP contribution is 2.25. The number of aromatic nitrogens is 3. The van der Waals surface area contributed by atoms with E-state index in [9.17, 15) is 0 Å². The first-order valence-corrected chi connectivity index (χ1v) is 9.09. The number of piperidine rings is 1. The minimum Gasteiger partial charge on any atom is -0.494 e. The third-order valence-electron chi connectivity index (χ3n) is 4.56. The summed E-state index contributed by atoms with van der Waals surface area (Å²) in [5.74, 6) is 1.63. The number of hydrogen-bond donors (Lipinski definition) is 3. The number of fused-ring (bicyclic) bond motifs is 1. The molecule has 0 unspecified atom stereocenters. The molecule has 0 bridgehead atoms. The average molecular weight is 352 g/mol. The molecule has 0 radical (unpaired) electrons. The zero-order valence-electron chi connectivity index (χ0n) is 14.9. The monoisotopic (exact) mass is 352 g/mol. The van der Waals surface area contributed by atoms with Crippen molar-refractivity contribution < 1.29 is 4.74 Å². The first-order chi connectivity index (χ1) is 12.7.